The van der Waals surface area contributed by atoms with Crippen molar-refractivity contribution in [2.75, 3.05) is 37.0 Å². The zero-order chi connectivity index (χ0) is 21.8. The van der Waals surface area contributed by atoms with Gasteiger partial charge in [-0.15, -0.1) is 5.06 Å². The zero-order valence-corrected chi connectivity index (χ0v) is 16.7. The van der Waals surface area contributed by atoms with Crippen LogP contribution in [0.5, 0.6) is 0 Å². The summed E-state index contributed by atoms with van der Waals surface area (Å²) >= 11 is 0. The highest BCUT2D eigenvalue weighted by Gasteiger charge is 2.33. The Hall–Kier alpha value is -3.89. The van der Waals surface area contributed by atoms with Gasteiger partial charge in [-0.3, -0.25) is 19.5 Å². The Bertz CT molecular complexity index is 1000. The number of carbonyl (C=O) groups excluding carboxylic acids is 3. The average molecular weight is 413 g/mol. The number of rotatable bonds is 6. The first-order valence-electron chi connectivity index (χ1n) is 9.25. The SMILES string of the molecule is CN(CCN=C(N)N)c1ccc2ccc(N(C)C(=O)ON3C(=O)CCC3=O)cc2n1. The van der Waals surface area contributed by atoms with Crippen LogP contribution < -0.4 is 21.3 Å². The molecule has 0 radical (unpaired) electrons. The maximum atomic E-state index is 12.4. The molecule has 3 rings (SSSR count). The van der Waals surface area contributed by atoms with Crippen LogP contribution in [-0.2, 0) is 14.4 Å². The predicted molar refractivity (Wildman–Crippen MR) is 112 cm³/mol. The van der Waals surface area contributed by atoms with Gasteiger partial charge in [-0.2, -0.15) is 0 Å². The molecular weight excluding hydrogens is 390 g/mol. The lowest BCUT2D eigenvalue weighted by atomic mass is 10.2. The molecule has 0 atom stereocenters. The summed E-state index contributed by atoms with van der Waals surface area (Å²) in [5.74, 6) is -0.318. The second-order valence-corrected chi connectivity index (χ2v) is 6.77. The van der Waals surface area contributed by atoms with Gasteiger partial charge < -0.3 is 21.2 Å². The van der Waals surface area contributed by atoms with Crippen LogP contribution in [-0.4, -0.2) is 61.1 Å². The Balaban J connectivity index is 1.76. The second kappa shape index (κ2) is 8.64. The van der Waals surface area contributed by atoms with E-state index in [2.05, 4.69) is 9.98 Å². The minimum atomic E-state index is -0.844. The number of hydrogen-bond acceptors (Lipinski definition) is 7. The van der Waals surface area contributed by atoms with E-state index in [1.807, 2.05) is 30.1 Å². The summed E-state index contributed by atoms with van der Waals surface area (Å²) in [4.78, 5) is 52.3. The first-order chi connectivity index (χ1) is 14.3. The lowest BCUT2D eigenvalue weighted by Crippen LogP contribution is -2.38. The highest BCUT2D eigenvalue weighted by Crippen LogP contribution is 2.24. The van der Waals surface area contributed by atoms with Gasteiger partial charge in [0.15, 0.2) is 5.96 Å². The molecule has 3 amide bonds. The van der Waals surface area contributed by atoms with E-state index < -0.39 is 17.9 Å². The summed E-state index contributed by atoms with van der Waals surface area (Å²) in [6.07, 6.45) is -0.770. The molecule has 0 unspecified atom stereocenters. The third-order valence-corrected chi connectivity index (χ3v) is 4.62. The lowest BCUT2D eigenvalue weighted by Gasteiger charge is -2.21. The molecule has 1 fully saturated rings. The van der Waals surface area contributed by atoms with Crippen LogP contribution in [0.4, 0.5) is 16.3 Å². The molecule has 2 heterocycles. The van der Waals surface area contributed by atoms with E-state index in [0.29, 0.717) is 35.2 Å². The number of likely N-dealkylation sites (N-methyl/N-ethyl adjacent to an activating group) is 1. The van der Waals surface area contributed by atoms with E-state index >= 15 is 0 Å². The van der Waals surface area contributed by atoms with Gasteiger partial charge in [-0.05, 0) is 24.3 Å². The number of anilines is 2. The topological polar surface area (TPSA) is 147 Å². The van der Waals surface area contributed by atoms with Crippen LogP contribution in [0, 0.1) is 0 Å². The fourth-order valence-corrected chi connectivity index (χ4v) is 2.86. The van der Waals surface area contributed by atoms with Crippen LogP contribution in [0.1, 0.15) is 12.8 Å². The number of hydrogen-bond donors (Lipinski definition) is 2. The molecule has 1 aliphatic heterocycles. The fourth-order valence-electron chi connectivity index (χ4n) is 2.86. The van der Waals surface area contributed by atoms with Crippen molar-refractivity contribution >= 4 is 46.3 Å². The number of aromatic nitrogens is 1. The van der Waals surface area contributed by atoms with E-state index in [1.165, 1.54) is 11.9 Å². The molecule has 0 bridgehead atoms. The van der Waals surface area contributed by atoms with Crippen molar-refractivity contribution in [1.82, 2.24) is 10.0 Å². The number of nitrogens with two attached hydrogens (primary N) is 2. The monoisotopic (exact) mass is 413 g/mol. The van der Waals surface area contributed by atoms with Crippen molar-refractivity contribution in [3.05, 3.63) is 30.3 Å². The highest BCUT2D eigenvalue weighted by molar-refractivity contribution is 6.02. The van der Waals surface area contributed by atoms with Crippen molar-refractivity contribution in [2.24, 2.45) is 16.5 Å². The summed E-state index contributed by atoms with van der Waals surface area (Å²) in [5, 5.41) is 1.40. The smallest absolute Gasteiger partial charge is 0.370 e. The number of benzene rings is 1. The number of amides is 3. The van der Waals surface area contributed by atoms with Crippen molar-refractivity contribution in [3.63, 3.8) is 0 Å². The van der Waals surface area contributed by atoms with E-state index in [0.717, 1.165) is 5.39 Å². The van der Waals surface area contributed by atoms with E-state index in [1.54, 1.807) is 12.1 Å². The molecule has 1 aromatic carbocycles. The minimum Gasteiger partial charge on any atom is -0.370 e. The number of guanidine groups is 1. The summed E-state index contributed by atoms with van der Waals surface area (Å²) < 4.78 is 0. The summed E-state index contributed by atoms with van der Waals surface area (Å²) in [6, 6.07) is 9.05. The maximum Gasteiger partial charge on any atom is 0.439 e. The molecule has 2 aromatic rings. The first kappa shape index (κ1) is 20.8. The third kappa shape index (κ3) is 4.57. The number of hydroxylamine groups is 2. The predicted octanol–water partition coefficient (Wildman–Crippen LogP) is 0.581. The molecule has 1 aromatic heterocycles. The molecule has 4 N–H and O–H groups in total. The second-order valence-electron chi connectivity index (χ2n) is 6.77. The Morgan fingerprint density at radius 2 is 1.83 bits per heavy atom. The fraction of sp³-hybridized carbons (Fsp3) is 0.316. The molecule has 11 heteroatoms. The lowest BCUT2D eigenvalue weighted by molar-refractivity contribution is -0.170. The molecule has 158 valence electrons. The third-order valence-electron chi connectivity index (χ3n) is 4.62. The average Bonchev–Trinajstić information content (AvgIpc) is 3.04. The minimum absolute atomic E-state index is 0.0340. The van der Waals surface area contributed by atoms with Crippen molar-refractivity contribution in [3.8, 4) is 0 Å². The van der Waals surface area contributed by atoms with Crippen LogP contribution >= 0.6 is 0 Å². The van der Waals surface area contributed by atoms with E-state index in [9.17, 15) is 14.4 Å². The number of imide groups is 1. The molecule has 1 aliphatic rings. The molecular formula is C19H23N7O4. The number of nitrogens with zero attached hydrogens (tertiary/aromatic N) is 5. The normalized spacial score (nSPS) is 13.5. The number of pyridine rings is 1. The van der Waals surface area contributed by atoms with Crippen LogP contribution in [0.3, 0.4) is 0 Å². The Morgan fingerprint density at radius 3 is 2.50 bits per heavy atom. The first-order valence-corrected chi connectivity index (χ1v) is 9.25. The quantitative estimate of drug-likeness (QED) is 0.397. The van der Waals surface area contributed by atoms with E-state index in [4.69, 9.17) is 16.3 Å². The molecule has 0 saturated carbocycles. The van der Waals surface area contributed by atoms with Gasteiger partial charge in [0, 0.05) is 44.6 Å². The maximum absolute atomic E-state index is 12.4. The van der Waals surface area contributed by atoms with Gasteiger partial charge in [-0.1, -0.05) is 6.07 Å². The number of aliphatic imine (C=N–C) groups is 1. The van der Waals surface area contributed by atoms with Gasteiger partial charge in [0.05, 0.1) is 12.1 Å². The Kier molecular flexibility index (Phi) is 6.00. The van der Waals surface area contributed by atoms with Gasteiger partial charge in [0.25, 0.3) is 11.8 Å². The molecule has 0 spiro atoms. The summed E-state index contributed by atoms with van der Waals surface area (Å²) in [6.45, 7) is 1.00. The van der Waals surface area contributed by atoms with Crippen LogP contribution in [0.2, 0.25) is 0 Å². The van der Waals surface area contributed by atoms with E-state index in [-0.39, 0.29) is 18.8 Å². The summed E-state index contributed by atoms with van der Waals surface area (Å²) in [5.41, 5.74) is 11.8. The Labute approximate surface area is 172 Å². The van der Waals surface area contributed by atoms with Crippen molar-refractivity contribution in [2.45, 2.75) is 12.8 Å². The van der Waals surface area contributed by atoms with Crippen LogP contribution in [0.25, 0.3) is 10.9 Å². The van der Waals surface area contributed by atoms with Gasteiger partial charge in [0.1, 0.15) is 5.82 Å². The molecule has 11 nitrogen and oxygen atoms in total. The summed E-state index contributed by atoms with van der Waals surface area (Å²) in [7, 11) is 3.35. The molecule has 0 aliphatic carbocycles. The number of fused-ring (bicyclic) bond motifs is 1. The van der Waals surface area contributed by atoms with Gasteiger partial charge >= 0.3 is 6.09 Å². The van der Waals surface area contributed by atoms with Crippen LogP contribution in [0.15, 0.2) is 35.3 Å². The molecule has 30 heavy (non-hydrogen) atoms. The van der Waals surface area contributed by atoms with Gasteiger partial charge in [-0.25, -0.2) is 9.78 Å². The highest BCUT2D eigenvalue weighted by atomic mass is 16.7. The largest absolute Gasteiger partial charge is 0.439 e. The zero-order valence-electron chi connectivity index (χ0n) is 16.7. The number of carbonyl (C=O) groups is 3. The van der Waals surface area contributed by atoms with Gasteiger partial charge in [0.2, 0.25) is 0 Å². The molecule has 1 saturated heterocycles. The van der Waals surface area contributed by atoms with Crippen molar-refractivity contribution in [1.29, 1.82) is 0 Å². The van der Waals surface area contributed by atoms with Crippen molar-refractivity contribution < 1.29 is 19.2 Å². The Morgan fingerprint density at radius 1 is 1.17 bits per heavy atom. The standard InChI is InChI=1S/C19H23N7O4/c1-24(10-9-22-18(20)21)15-6-4-12-3-5-13(11-14(12)23-15)25(2)19(29)30-26-16(27)7-8-17(26)28/h3-6,11H,7-10H2,1-2H3,(H4,20,21,22).